The Morgan fingerprint density at radius 3 is 2.44 bits per heavy atom. The second-order valence-corrected chi connectivity index (χ2v) is 3.16. The van der Waals surface area contributed by atoms with Crippen LogP contribution in [0.15, 0.2) is 42.7 Å². The van der Waals surface area contributed by atoms with Crippen molar-refractivity contribution in [3.05, 3.63) is 54.1 Å². The second kappa shape index (κ2) is 7.28. The lowest BCUT2D eigenvalue weighted by atomic mass is 10.2. The van der Waals surface area contributed by atoms with Gasteiger partial charge < -0.3 is 10.3 Å². The molecule has 0 saturated heterocycles. The van der Waals surface area contributed by atoms with E-state index in [-0.39, 0.29) is 24.8 Å². The highest BCUT2D eigenvalue weighted by atomic mass is 35.5. The summed E-state index contributed by atoms with van der Waals surface area (Å²) in [6, 6.07) is 10.3. The number of aromatic nitrogens is 2. The van der Waals surface area contributed by atoms with Crippen LogP contribution >= 0.6 is 24.8 Å². The van der Waals surface area contributed by atoms with E-state index >= 15 is 0 Å². The first-order valence-electron chi connectivity index (χ1n) is 4.64. The Balaban J connectivity index is 0.00000112. The summed E-state index contributed by atoms with van der Waals surface area (Å²) in [6.07, 6.45) is 3.74. The Bertz CT molecular complexity index is 401. The van der Waals surface area contributed by atoms with Crippen molar-refractivity contribution >= 4 is 24.8 Å². The summed E-state index contributed by atoms with van der Waals surface area (Å²) >= 11 is 0. The molecule has 2 rings (SSSR count). The summed E-state index contributed by atoms with van der Waals surface area (Å²) in [5, 5.41) is 0. The van der Waals surface area contributed by atoms with Gasteiger partial charge in [0.1, 0.15) is 5.82 Å². The molecule has 3 nitrogen and oxygen atoms in total. The standard InChI is InChI=1S/C11H13N3.2ClH/c12-8-11-13-6-7-14(11)9-10-4-2-1-3-5-10;;/h1-7H,8-9,12H2;2*1H. The van der Waals surface area contributed by atoms with Crippen molar-refractivity contribution in [1.29, 1.82) is 0 Å². The molecule has 2 N–H and O–H groups in total. The first-order valence-corrected chi connectivity index (χ1v) is 4.64. The van der Waals surface area contributed by atoms with E-state index in [4.69, 9.17) is 5.73 Å². The van der Waals surface area contributed by atoms with Gasteiger partial charge in [-0.3, -0.25) is 0 Å². The van der Waals surface area contributed by atoms with E-state index in [0.29, 0.717) is 6.54 Å². The van der Waals surface area contributed by atoms with Crippen LogP contribution in [-0.2, 0) is 13.1 Å². The Morgan fingerprint density at radius 2 is 1.81 bits per heavy atom. The van der Waals surface area contributed by atoms with Crippen LogP contribution in [0.2, 0.25) is 0 Å². The summed E-state index contributed by atoms with van der Waals surface area (Å²) in [6.45, 7) is 1.33. The van der Waals surface area contributed by atoms with E-state index in [1.807, 2.05) is 24.4 Å². The Hall–Kier alpha value is -1.03. The van der Waals surface area contributed by atoms with Gasteiger partial charge >= 0.3 is 0 Å². The van der Waals surface area contributed by atoms with Crippen molar-refractivity contribution in [2.45, 2.75) is 13.1 Å². The minimum atomic E-state index is 0. The van der Waals surface area contributed by atoms with Gasteiger partial charge in [-0.2, -0.15) is 0 Å². The summed E-state index contributed by atoms with van der Waals surface area (Å²) in [5.41, 5.74) is 6.83. The van der Waals surface area contributed by atoms with Crippen molar-refractivity contribution in [3.8, 4) is 0 Å². The number of halogens is 2. The molecule has 0 bridgehead atoms. The van der Waals surface area contributed by atoms with E-state index in [2.05, 4.69) is 21.7 Å². The molecule has 0 saturated carbocycles. The van der Waals surface area contributed by atoms with Crippen LogP contribution in [0.25, 0.3) is 0 Å². The maximum Gasteiger partial charge on any atom is 0.122 e. The van der Waals surface area contributed by atoms with E-state index in [1.165, 1.54) is 5.56 Å². The highest BCUT2D eigenvalue weighted by Gasteiger charge is 2.00. The minimum Gasteiger partial charge on any atom is -0.329 e. The molecule has 0 fully saturated rings. The van der Waals surface area contributed by atoms with Crippen LogP contribution in [0.5, 0.6) is 0 Å². The SMILES string of the molecule is Cl.Cl.NCc1nccn1Cc1ccccc1. The average molecular weight is 260 g/mol. The molecule has 0 spiro atoms. The van der Waals surface area contributed by atoms with Crippen molar-refractivity contribution in [3.63, 3.8) is 0 Å². The molecule has 0 amide bonds. The predicted octanol–water partition coefficient (Wildman–Crippen LogP) is 2.23. The summed E-state index contributed by atoms with van der Waals surface area (Å²) in [7, 11) is 0. The largest absolute Gasteiger partial charge is 0.329 e. The summed E-state index contributed by atoms with van der Waals surface area (Å²) in [4.78, 5) is 4.17. The van der Waals surface area contributed by atoms with E-state index in [9.17, 15) is 0 Å². The molecule has 1 aromatic carbocycles. The fourth-order valence-electron chi connectivity index (χ4n) is 1.45. The molecular weight excluding hydrogens is 245 g/mol. The van der Waals surface area contributed by atoms with Gasteiger partial charge in [0.25, 0.3) is 0 Å². The lowest BCUT2D eigenvalue weighted by Gasteiger charge is -2.05. The maximum absolute atomic E-state index is 5.57. The zero-order chi connectivity index (χ0) is 9.80. The smallest absolute Gasteiger partial charge is 0.122 e. The zero-order valence-corrected chi connectivity index (χ0v) is 10.4. The Labute approximate surface area is 108 Å². The number of rotatable bonds is 3. The molecule has 2 aromatic rings. The van der Waals surface area contributed by atoms with Crippen molar-refractivity contribution in [1.82, 2.24) is 9.55 Å². The molecule has 0 atom stereocenters. The number of hydrogen-bond acceptors (Lipinski definition) is 2. The van der Waals surface area contributed by atoms with Crippen LogP contribution < -0.4 is 5.73 Å². The van der Waals surface area contributed by atoms with Gasteiger partial charge in [-0.05, 0) is 5.56 Å². The zero-order valence-electron chi connectivity index (χ0n) is 8.74. The first kappa shape index (κ1) is 15.0. The van der Waals surface area contributed by atoms with Gasteiger partial charge in [0.15, 0.2) is 0 Å². The number of nitrogens with zero attached hydrogens (tertiary/aromatic N) is 2. The van der Waals surface area contributed by atoms with E-state index in [1.54, 1.807) is 6.20 Å². The summed E-state index contributed by atoms with van der Waals surface area (Å²) < 4.78 is 2.06. The maximum atomic E-state index is 5.57. The van der Waals surface area contributed by atoms with E-state index < -0.39 is 0 Å². The minimum absolute atomic E-state index is 0. The molecule has 0 aliphatic rings. The number of imidazole rings is 1. The highest BCUT2D eigenvalue weighted by molar-refractivity contribution is 5.85. The molecule has 0 radical (unpaired) electrons. The molecule has 16 heavy (non-hydrogen) atoms. The van der Waals surface area contributed by atoms with Gasteiger partial charge in [-0.15, -0.1) is 24.8 Å². The topological polar surface area (TPSA) is 43.8 Å². The molecule has 1 heterocycles. The fourth-order valence-corrected chi connectivity index (χ4v) is 1.45. The van der Waals surface area contributed by atoms with Crippen LogP contribution in [0.3, 0.4) is 0 Å². The van der Waals surface area contributed by atoms with Crippen molar-refractivity contribution in [2.75, 3.05) is 0 Å². The highest BCUT2D eigenvalue weighted by Crippen LogP contribution is 2.04. The Morgan fingerprint density at radius 1 is 1.12 bits per heavy atom. The third-order valence-electron chi connectivity index (χ3n) is 2.18. The van der Waals surface area contributed by atoms with Gasteiger partial charge in [0, 0.05) is 18.9 Å². The average Bonchev–Trinajstić information content (AvgIpc) is 2.67. The van der Waals surface area contributed by atoms with Crippen molar-refractivity contribution in [2.24, 2.45) is 5.73 Å². The van der Waals surface area contributed by atoms with Gasteiger partial charge in [0.05, 0.1) is 6.54 Å². The molecule has 5 heteroatoms. The number of benzene rings is 1. The molecule has 0 aliphatic carbocycles. The molecule has 1 aromatic heterocycles. The molecule has 0 aliphatic heterocycles. The van der Waals surface area contributed by atoms with Gasteiger partial charge in [0.2, 0.25) is 0 Å². The number of hydrogen-bond donors (Lipinski definition) is 1. The monoisotopic (exact) mass is 259 g/mol. The van der Waals surface area contributed by atoms with E-state index in [0.717, 1.165) is 12.4 Å². The third-order valence-corrected chi connectivity index (χ3v) is 2.18. The van der Waals surface area contributed by atoms with Gasteiger partial charge in [-0.1, -0.05) is 30.3 Å². The second-order valence-electron chi connectivity index (χ2n) is 3.16. The third kappa shape index (κ3) is 3.52. The number of nitrogens with two attached hydrogens (primary N) is 1. The normalized spacial score (nSPS) is 9.06. The molecular formula is C11H15Cl2N3. The van der Waals surface area contributed by atoms with Crippen molar-refractivity contribution < 1.29 is 0 Å². The predicted molar refractivity (Wildman–Crippen MR) is 70.2 cm³/mol. The molecule has 88 valence electrons. The van der Waals surface area contributed by atoms with Crippen LogP contribution in [0.4, 0.5) is 0 Å². The quantitative estimate of drug-likeness (QED) is 0.919. The molecule has 0 unspecified atom stereocenters. The summed E-state index contributed by atoms with van der Waals surface area (Å²) in [5.74, 6) is 0.925. The lowest BCUT2D eigenvalue weighted by Crippen LogP contribution is -2.08. The van der Waals surface area contributed by atoms with Crippen LogP contribution in [0.1, 0.15) is 11.4 Å². The first-order chi connectivity index (χ1) is 6.90. The van der Waals surface area contributed by atoms with Crippen LogP contribution in [0, 0.1) is 0 Å². The van der Waals surface area contributed by atoms with Crippen LogP contribution in [-0.4, -0.2) is 9.55 Å². The Kier molecular flexibility index (Phi) is 6.81. The lowest BCUT2D eigenvalue weighted by molar-refractivity contribution is 0.724. The fraction of sp³-hybridized carbons (Fsp3) is 0.182. The van der Waals surface area contributed by atoms with Gasteiger partial charge in [-0.25, -0.2) is 4.98 Å².